The fourth-order valence-electron chi connectivity index (χ4n) is 12.0. The minimum atomic E-state index is -4.96. The van der Waals surface area contributed by atoms with Gasteiger partial charge in [-0.1, -0.05) is 356 Å². The largest absolute Gasteiger partial charge is 0.472 e. The van der Waals surface area contributed by atoms with Crippen LogP contribution in [0.2, 0.25) is 0 Å². The van der Waals surface area contributed by atoms with Crippen LogP contribution in [0.4, 0.5) is 0 Å². The van der Waals surface area contributed by atoms with Gasteiger partial charge < -0.3 is 33.8 Å². The van der Waals surface area contributed by atoms with Gasteiger partial charge in [0.2, 0.25) is 0 Å². The molecule has 576 valence electrons. The first-order chi connectivity index (χ1) is 46.9. The summed E-state index contributed by atoms with van der Waals surface area (Å²) in [5.74, 6) is -0.541. The fraction of sp³-hybridized carbons (Fsp3) is 0.949. The highest BCUT2D eigenvalue weighted by molar-refractivity contribution is 7.47. The van der Waals surface area contributed by atoms with Gasteiger partial charge in [0.1, 0.15) is 19.3 Å². The van der Waals surface area contributed by atoms with Crippen LogP contribution in [0.3, 0.4) is 0 Å². The Bertz CT molecular complexity index is 1870. The summed E-state index contributed by atoms with van der Waals surface area (Å²) in [6.07, 6.45) is 58.3. The van der Waals surface area contributed by atoms with E-state index in [0.717, 1.165) is 102 Å². The summed E-state index contributed by atoms with van der Waals surface area (Å²) in [6.45, 7) is 9.62. The van der Waals surface area contributed by atoms with Crippen molar-refractivity contribution >= 4 is 39.5 Å². The maximum atomic E-state index is 13.1. The van der Waals surface area contributed by atoms with Crippen molar-refractivity contribution in [2.75, 3.05) is 39.6 Å². The van der Waals surface area contributed by atoms with Crippen molar-refractivity contribution in [2.24, 2.45) is 11.8 Å². The summed E-state index contributed by atoms with van der Waals surface area (Å²) in [5.41, 5.74) is 0. The summed E-state index contributed by atoms with van der Waals surface area (Å²) in [5, 5.41) is 10.6. The van der Waals surface area contributed by atoms with Gasteiger partial charge in [0.05, 0.1) is 26.4 Å². The van der Waals surface area contributed by atoms with Crippen LogP contribution < -0.4 is 0 Å². The third kappa shape index (κ3) is 72.2. The molecule has 0 spiro atoms. The molecule has 19 heteroatoms. The van der Waals surface area contributed by atoms with E-state index < -0.39 is 97.5 Å². The zero-order valence-corrected chi connectivity index (χ0v) is 65.2. The molecular weight excluding hydrogens is 1270 g/mol. The average molecular weight is 1420 g/mol. The van der Waals surface area contributed by atoms with Crippen molar-refractivity contribution in [1.82, 2.24) is 0 Å². The molecule has 17 nitrogen and oxygen atoms in total. The van der Waals surface area contributed by atoms with Gasteiger partial charge in [-0.15, -0.1) is 0 Å². The van der Waals surface area contributed by atoms with Crippen LogP contribution in [-0.2, 0) is 65.4 Å². The van der Waals surface area contributed by atoms with Gasteiger partial charge in [0.15, 0.2) is 12.2 Å². The van der Waals surface area contributed by atoms with E-state index in [1.807, 2.05) is 0 Å². The van der Waals surface area contributed by atoms with E-state index in [-0.39, 0.29) is 25.7 Å². The zero-order valence-electron chi connectivity index (χ0n) is 63.4. The van der Waals surface area contributed by atoms with Gasteiger partial charge >= 0.3 is 39.5 Å². The first kappa shape index (κ1) is 95.1. The second-order valence-corrected chi connectivity index (χ2v) is 32.0. The van der Waals surface area contributed by atoms with Gasteiger partial charge in [-0.05, 0) is 37.5 Å². The Morgan fingerprint density at radius 3 is 0.701 bits per heavy atom. The van der Waals surface area contributed by atoms with E-state index in [2.05, 4.69) is 41.5 Å². The lowest BCUT2D eigenvalue weighted by Gasteiger charge is -2.21. The SMILES string of the molecule is CCCCCCCCCCCCCCCCC(=O)OC[C@H](COP(=O)(O)OC[C@@H](O)COP(=O)(O)OC[C@@H](COC(=O)CCCCCCCCCCC)OC(=O)CCCCCCCCCCCCC(C)C)OC(=O)CCCCCCCCCCCCCCCCCCCCC(C)C. The number of aliphatic hydroxyl groups is 1. The zero-order chi connectivity index (χ0) is 71.4. The second-order valence-electron chi connectivity index (χ2n) is 29.1. The van der Waals surface area contributed by atoms with Crippen molar-refractivity contribution in [1.29, 1.82) is 0 Å². The Morgan fingerprint density at radius 1 is 0.278 bits per heavy atom. The number of aliphatic hydroxyl groups excluding tert-OH is 1. The van der Waals surface area contributed by atoms with Crippen molar-refractivity contribution in [3.63, 3.8) is 0 Å². The lowest BCUT2D eigenvalue weighted by molar-refractivity contribution is -0.161. The van der Waals surface area contributed by atoms with E-state index >= 15 is 0 Å². The number of hydrogen-bond acceptors (Lipinski definition) is 15. The lowest BCUT2D eigenvalue weighted by atomic mass is 10.0. The molecule has 0 saturated heterocycles. The number of carbonyl (C=O) groups is 4. The number of ether oxygens (including phenoxy) is 4. The Kier molecular flexibility index (Phi) is 68.4. The van der Waals surface area contributed by atoms with Crippen LogP contribution in [0.15, 0.2) is 0 Å². The third-order valence-corrected chi connectivity index (χ3v) is 20.1. The van der Waals surface area contributed by atoms with Gasteiger partial charge in [0.25, 0.3) is 0 Å². The number of phosphoric ester groups is 2. The maximum Gasteiger partial charge on any atom is 0.472 e. The molecule has 0 amide bonds. The molecule has 0 aromatic heterocycles. The van der Waals surface area contributed by atoms with E-state index in [9.17, 15) is 43.2 Å². The first-order valence-electron chi connectivity index (χ1n) is 40.5. The molecule has 0 saturated carbocycles. The fourth-order valence-corrected chi connectivity index (χ4v) is 13.6. The summed E-state index contributed by atoms with van der Waals surface area (Å²) in [6, 6.07) is 0. The number of hydrogen-bond donors (Lipinski definition) is 3. The molecule has 0 aliphatic heterocycles. The first-order valence-corrected chi connectivity index (χ1v) is 43.5. The Labute approximate surface area is 594 Å². The predicted octanol–water partition coefficient (Wildman–Crippen LogP) is 23.1. The van der Waals surface area contributed by atoms with Crippen LogP contribution in [0, 0.1) is 11.8 Å². The average Bonchev–Trinajstić information content (AvgIpc) is 1.43. The Morgan fingerprint density at radius 2 is 0.474 bits per heavy atom. The molecule has 0 aliphatic rings. The smallest absolute Gasteiger partial charge is 0.462 e. The molecule has 2 unspecified atom stereocenters. The molecule has 0 fully saturated rings. The Balaban J connectivity index is 5.20. The van der Waals surface area contributed by atoms with Crippen LogP contribution in [0.25, 0.3) is 0 Å². The molecular formula is C78H152O17P2. The quantitative estimate of drug-likeness (QED) is 0.0222. The highest BCUT2D eigenvalue weighted by Crippen LogP contribution is 2.45. The van der Waals surface area contributed by atoms with E-state index in [4.69, 9.17) is 37.0 Å². The van der Waals surface area contributed by atoms with Crippen LogP contribution in [0.1, 0.15) is 408 Å². The molecule has 0 rings (SSSR count). The highest BCUT2D eigenvalue weighted by Gasteiger charge is 2.30. The lowest BCUT2D eigenvalue weighted by Crippen LogP contribution is -2.30. The van der Waals surface area contributed by atoms with Gasteiger partial charge in [-0.3, -0.25) is 37.3 Å². The van der Waals surface area contributed by atoms with Crippen molar-refractivity contribution in [2.45, 2.75) is 426 Å². The minimum absolute atomic E-state index is 0.106. The Hall–Kier alpha value is -1.94. The standard InChI is InChI=1S/C78H152O17P2/c1-7-9-11-13-15-17-18-19-27-30-37-43-49-55-61-76(81)89-67-74(94-77(82)62-56-50-44-38-31-28-25-23-21-20-22-24-26-29-35-40-46-52-58-70(3)4)69-93-97(86,87)91-65-72(79)64-90-96(84,85)92-68-73(66-88-75(80)60-54-48-42-34-16-14-12-10-8-2)95-78(83)63-57-51-45-39-33-32-36-41-47-53-59-71(5)6/h70-74,79H,7-69H2,1-6H3,(H,84,85)(H,86,87)/t72-,73+,74+/m0/s1. The number of carbonyl (C=O) groups excluding carboxylic acids is 4. The second kappa shape index (κ2) is 69.8. The highest BCUT2D eigenvalue weighted by atomic mass is 31.2. The van der Waals surface area contributed by atoms with E-state index in [1.165, 1.54) is 225 Å². The molecule has 0 bridgehead atoms. The molecule has 5 atom stereocenters. The molecule has 97 heavy (non-hydrogen) atoms. The summed E-state index contributed by atoms with van der Waals surface area (Å²) >= 11 is 0. The molecule has 0 aromatic rings. The third-order valence-electron chi connectivity index (χ3n) is 18.2. The van der Waals surface area contributed by atoms with Crippen LogP contribution >= 0.6 is 15.6 Å². The van der Waals surface area contributed by atoms with E-state index in [0.29, 0.717) is 25.7 Å². The van der Waals surface area contributed by atoms with Crippen molar-refractivity contribution in [3.05, 3.63) is 0 Å². The van der Waals surface area contributed by atoms with Gasteiger partial charge in [0, 0.05) is 25.7 Å². The summed E-state index contributed by atoms with van der Waals surface area (Å²) in [7, 11) is -9.91. The molecule has 0 aromatic carbocycles. The number of esters is 4. The monoisotopic (exact) mass is 1420 g/mol. The predicted molar refractivity (Wildman–Crippen MR) is 395 cm³/mol. The topological polar surface area (TPSA) is 237 Å². The van der Waals surface area contributed by atoms with Gasteiger partial charge in [-0.2, -0.15) is 0 Å². The molecule has 0 aliphatic carbocycles. The molecule has 3 N–H and O–H groups in total. The summed E-state index contributed by atoms with van der Waals surface area (Å²) < 4.78 is 68.5. The minimum Gasteiger partial charge on any atom is -0.462 e. The van der Waals surface area contributed by atoms with E-state index in [1.54, 1.807) is 0 Å². The van der Waals surface area contributed by atoms with Crippen LogP contribution in [0.5, 0.6) is 0 Å². The normalized spacial score (nSPS) is 14.0. The van der Waals surface area contributed by atoms with Crippen molar-refractivity contribution in [3.8, 4) is 0 Å². The maximum absolute atomic E-state index is 13.1. The van der Waals surface area contributed by atoms with Crippen LogP contribution in [-0.4, -0.2) is 96.7 Å². The number of unbranched alkanes of at least 4 members (excludes halogenated alkanes) is 47. The number of phosphoric acid groups is 2. The van der Waals surface area contributed by atoms with Gasteiger partial charge in [-0.25, -0.2) is 9.13 Å². The summed E-state index contributed by atoms with van der Waals surface area (Å²) in [4.78, 5) is 72.8. The van der Waals surface area contributed by atoms with Crippen molar-refractivity contribution < 1.29 is 80.2 Å². The molecule has 0 heterocycles. The molecule has 0 radical (unpaired) electrons. The number of rotatable bonds is 77.